The Morgan fingerprint density at radius 2 is 1.17 bits per heavy atom. The van der Waals surface area contributed by atoms with Gasteiger partial charge in [0.05, 0.1) is 5.56 Å². The van der Waals surface area contributed by atoms with Gasteiger partial charge in [-0.15, -0.1) is 0 Å². The van der Waals surface area contributed by atoms with Crippen molar-refractivity contribution >= 4 is 33.3 Å². The van der Waals surface area contributed by atoms with E-state index in [4.69, 9.17) is 9.47 Å². The number of hydrogen-bond acceptors (Lipinski definition) is 4. The molecule has 4 nitrogen and oxygen atoms in total. The van der Waals surface area contributed by atoms with E-state index in [0.717, 1.165) is 40.1 Å². The number of ether oxygens (including phenoxy) is 2. The Morgan fingerprint density at radius 3 is 1.72 bits per heavy atom. The second-order valence-electron chi connectivity index (χ2n) is 10.6. The molecule has 0 spiro atoms. The first-order valence-electron chi connectivity index (χ1n) is 12.5. The summed E-state index contributed by atoms with van der Waals surface area (Å²) in [5.41, 5.74) is 0.355. The van der Waals surface area contributed by atoms with Crippen LogP contribution in [0.25, 0.3) is 21.5 Å². The van der Waals surface area contributed by atoms with E-state index in [0.29, 0.717) is 16.9 Å². The SMILES string of the molecule is CCC(C)(C)Oc1ccc2cc3cc(OC(=O)c4ccc(C(=O)C(C)(C)CC)cc4)ccc3cc2c1. The first kappa shape index (κ1) is 25.4. The number of carbonyl (C=O) groups excluding carboxylic acids is 2. The zero-order valence-corrected chi connectivity index (χ0v) is 22.0. The van der Waals surface area contributed by atoms with Gasteiger partial charge in [0.15, 0.2) is 5.78 Å². The predicted molar refractivity (Wildman–Crippen MR) is 146 cm³/mol. The molecule has 0 bridgehead atoms. The third-order valence-electron chi connectivity index (χ3n) is 7.08. The first-order chi connectivity index (χ1) is 17.0. The fourth-order valence-electron chi connectivity index (χ4n) is 3.95. The van der Waals surface area contributed by atoms with Crippen LogP contribution in [0.15, 0.2) is 72.8 Å². The number of hydrogen-bond donors (Lipinski definition) is 0. The fraction of sp³-hybridized carbons (Fsp3) is 0.312. The zero-order chi connectivity index (χ0) is 26.1. The van der Waals surface area contributed by atoms with Crippen LogP contribution in [0.4, 0.5) is 0 Å². The van der Waals surface area contributed by atoms with Crippen LogP contribution in [0, 0.1) is 5.41 Å². The Kier molecular flexibility index (Phi) is 6.90. The molecule has 0 aliphatic heterocycles. The molecule has 4 aromatic carbocycles. The largest absolute Gasteiger partial charge is 0.488 e. The molecule has 0 aromatic heterocycles. The molecule has 0 aliphatic carbocycles. The number of fused-ring (bicyclic) bond motifs is 2. The Labute approximate surface area is 213 Å². The van der Waals surface area contributed by atoms with Crippen LogP contribution in [0.5, 0.6) is 11.5 Å². The molecule has 0 saturated carbocycles. The van der Waals surface area contributed by atoms with Crippen molar-refractivity contribution in [1.82, 2.24) is 0 Å². The van der Waals surface area contributed by atoms with E-state index in [9.17, 15) is 9.59 Å². The zero-order valence-electron chi connectivity index (χ0n) is 22.0. The lowest BCUT2D eigenvalue weighted by atomic mass is 9.82. The molecule has 0 N–H and O–H groups in total. The number of rotatable bonds is 8. The van der Waals surface area contributed by atoms with Crippen LogP contribution >= 0.6 is 0 Å². The summed E-state index contributed by atoms with van der Waals surface area (Å²) in [6.07, 6.45) is 1.67. The Morgan fingerprint density at radius 1 is 0.639 bits per heavy atom. The second kappa shape index (κ2) is 9.77. The maximum absolute atomic E-state index is 12.8. The molecule has 4 heteroatoms. The van der Waals surface area contributed by atoms with Gasteiger partial charge in [-0.1, -0.05) is 52.0 Å². The van der Waals surface area contributed by atoms with Crippen molar-refractivity contribution in [2.75, 3.05) is 0 Å². The quantitative estimate of drug-likeness (QED) is 0.109. The second-order valence-corrected chi connectivity index (χ2v) is 10.6. The van der Waals surface area contributed by atoms with E-state index in [1.807, 2.05) is 39.0 Å². The van der Waals surface area contributed by atoms with Crippen LogP contribution in [-0.4, -0.2) is 17.4 Å². The lowest BCUT2D eigenvalue weighted by Crippen LogP contribution is -2.26. The van der Waals surface area contributed by atoms with Gasteiger partial charge < -0.3 is 9.47 Å². The van der Waals surface area contributed by atoms with E-state index < -0.39 is 11.4 Å². The van der Waals surface area contributed by atoms with Crippen molar-refractivity contribution in [2.45, 2.75) is 60.0 Å². The molecule has 0 aliphatic rings. The molecular weight excluding hydrogens is 448 g/mol. The van der Waals surface area contributed by atoms with Crippen molar-refractivity contribution in [2.24, 2.45) is 5.41 Å². The molecule has 4 aromatic rings. The molecule has 36 heavy (non-hydrogen) atoms. The Hall–Kier alpha value is -3.66. The van der Waals surface area contributed by atoms with Gasteiger partial charge >= 0.3 is 5.97 Å². The summed E-state index contributed by atoms with van der Waals surface area (Å²) in [4.78, 5) is 25.4. The summed E-state index contributed by atoms with van der Waals surface area (Å²) >= 11 is 0. The summed E-state index contributed by atoms with van der Waals surface area (Å²) in [7, 11) is 0. The van der Waals surface area contributed by atoms with E-state index in [1.54, 1.807) is 30.3 Å². The number of benzene rings is 4. The number of ketones is 1. The maximum Gasteiger partial charge on any atom is 0.343 e. The summed E-state index contributed by atoms with van der Waals surface area (Å²) < 4.78 is 11.8. The minimum absolute atomic E-state index is 0.0689. The van der Waals surface area contributed by atoms with Crippen molar-refractivity contribution in [3.63, 3.8) is 0 Å². The Balaban J connectivity index is 1.53. The van der Waals surface area contributed by atoms with E-state index >= 15 is 0 Å². The van der Waals surface area contributed by atoms with Gasteiger partial charge in [-0.05, 0) is 96.8 Å². The maximum atomic E-state index is 12.8. The van der Waals surface area contributed by atoms with Crippen molar-refractivity contribution in [1.29, 1.82) is 0 Å². The first-order valence-corrected chi connectivity index (χ1v) is 12.5. The Bertz CT molecular complexity index is 1430. The summed E-state index contributed by atoms with van der Waals surface area (Å²) in [6.45, 7) is 12.1. The molecule has 0 atom stereocenters. The molecule has 0 radical (unpaired) electrons. The minimum Gasteiger partial charge on any atom is -0.488 e. The number of Topliss-reactive ketones (excluding diaryl/α,β-unsaturated/α-hetero) is 1. The highest BCUT2D eigenvalue weighted by atomic mass is 16.5. The minimum atomic E-state index is -0.454. The molecule has 0 heterocycles. The summed E-state index contributed by atoms with van der Waals surface area (Å²) in [6, 6.07) is 22.6. The average molecular weight is 483 g/mol. The molecule has 0 unspecified atom stereocenters. The van der Waals surface area contributed by atoms with Crippen LogP contribution in [0.3, 0.4) is 0 Å². The predicted octanol–water partition coefficient (Wildman–Crippen LogP) is 8.40. The molecular formula is C32H34O4. The van der Waals surface area contributed by atoms with Crippen molar-refractivity contribution < 1.29 is 19.1 Å². The van der Waals surface area contributed by atoms with Gasteiger partial charge in [0.2, 0.25) is 0 Å². The molecule has 0 amide bonds. The highest BCUT2D eigenvalue weighted by Gasteiger charge is 2.26. The van der Waals surface area contributed by atoms with Crippen molar-refractivity contribution in [3.05, 3.63) is 83.9 Å². The average Bonchev–Trinajstić information content (AvgIpc) is 2.87. The van der Waals surface area contributed by atoms with Gasteiger partial charge in [0, 0.05) is 11.0 Å². The van der Waals surface area contributed by atoms with Gasteiger partial charge in [-0.3, -0.25) is 4.79 Å². The van der Waals surface area contributed by atoms with Crippen molar-refractivity contribution in [3.8, 4) is 11.5 Å². The monoisotopic (exact) mass is 482 g/mol. The van der Waals surface area contributed by atoms with Crippen LogP contribution < -0.4 is 9.47 Å². The summed E-state index contributed by atoms with van der Waals surface area (Å²) in [5, 5.41) is 4.22. The molecule has 0 saturated heterocycles. The number of esters is 1. The molecule has 4 rings (SSSR count). The van der Waals surface area contributed by atoms with E-state index in [1.165, 1.54) is 0 Å². The van der Waals surface area contributed by atoms with Crippen LogP contribution in [0.1, 0.15) is 75.1 Å². The van der Waals surface area contributed by atoms with Gasteiger partial charge in [0.25, 0.3) is 0 Å². The molecule has 186 valence electrons. The normalized spacial score (nSPS) is 12.1. The lowest BCUT2D eigenvalue weighted by molar-refractivity contribution is 0.0733. The number of carbonyl (C=O) groups is 2. The van der Waals surface area contributed by atoms with E-state index in [-0.39, 0.29) is 11.4 Å². The highest BCUT2D eigenvalue weighted by Crippen LogP contribution is 2.31. The third kappa shape index (κ3) is 5.43. The topological polar surface area (TPSA) is 52.6 Å². The lowest BCUT2D eigenvalue weighted by Gasteiger charge is -2.25. The van der Waals surface area contributed by atoms with Gasteiger partial charge in [0.1, 0.15) is 17.1 Å². The smallest absolute Gasteiger partial charge is 0.343 e. The van der Waals surface area contributed by atoms with E-state index in [2.05, 4.69) is 45.0 Å². The van der Waals surface area contributed by atoms with Gasteiger partial charge in [-0.25, -0.2) is 4.79 Å². The highest BCUT2D eigenvalue weighted by molar-refractivity contribution is 6.02. The summed E-state index contributed by atoms with van der Waals surface area (Å²) in [5.74, 6) is 0.942. The molecule has 0 fully saturated rings. The third-order valence-corrected chi connectivity index (χ3v) is 7.08. The van der Waals surface area contributed by atoms with Gasteiger partial charge in [-0.2, -0.15) is 0 Å². The van der Waals surface area contributed by atoms with Crippen LogP contribution in [0.2, 0.25) is 0 Å². The fourth-order valence-corrected chi connectivity index (χ4v) is 3.95. The standard InChI is InChI=1S/C32H34O4/c1-7-31(3,4)29(33)21-9-11-22(12-10-21)30(34)35-27-15-13-23-18-26-20-28(36-32(5,6)8-2)16-14-24(26)17-25(23)19-27/h9-20H,7-8H2,1-6H3. The van der Waals surface area contributed by atoms with Crippen LogP contribution in [-0.2, 0) is 0 Å².